The molecule has 1 aromatic rings. The Morgan fingerprint density at radius 3 is 3.00 bits per heavy atom. The molecular weight excluding hydrogens is 224 g/mol. The minimum absolute atomic E-state index is 0.222. The molecule has 1 fully saturated rings. The van der Waals surface area contributed by atoms with Gasteiger partial charge in [0.15, 0.2) is 0 Å². The fourth-order valence-electron chi connectivity index (χ4n) is 1.84. The number of carbonyl (C=O) groups excluding carboxylic acids is 1. The molecule has 2 rings (SSSR count). The average molecular weight is 240 g/mol. The van der Waals surface area contributed by atoms with Crippen molar-refractivity contribution in [2.45, 2.75) is 6.54 Å². The SMILES string of the molecule is COC(=O)c1sccc1CN1CCNCC1. The molecule has 0 aromatic carbocycles. The van der Waals surface area contributed by atoms with Crippen LogP contribution in [0.2, 0.25) is 0 Å². The molecule has 0 unspecified atom stereocenters. The van der Waals surface area contributed by atoms with E-state index in [0.29, 0.717) is 0 Å². The minimum atomic E-state index is -0.222. The molecule has 0 aliphatic carbocycles. The van der Waals surface area contributed by atoms with Crippen molar-refractivity contribution in [2.75, 3.05) is 33.3 Å². The van der Waals surface area contributed by atoms with Crippen molar-refractivity contribution >= 4 is 17.3 Å². The van der Waals surface area contributed by atoms with Crippen LogP contribution in [0.3, 0.4) is 0 Å². The molecule has 5 heteroatoms. The van der Waals surface area contributed by atoms with E-state index in [2.05, 4.69) is 10.2 Å². The molecule has 0 spiro atoms. The second-order valence-electron chi connectivity index (χ2n) is 3.79. The Hall–Kier alpha value is -0.910. The molecule has 1 N–H and O–H groups in total. The number of methoxy groups -OCH3 is 1. The molecule has 1 aromatic heterocycles. The lowest BCUT2D eigenvalue weighted by atomic mass is 10.2. The van der Waals surface area contributed by atoms with Crippen LogP contribution >= 0.6 is 11.3 Å². The summed E-state index contributed by atoms with van der Waals surface area (Å²) in [6, 6.07) is 2.01. The third-order valence-corrected chi connectivity index (χ3v) is 3.66. The van der Waals surface area contributed by atoms with Crippen LogP contribution < -0.4 is 5.32 Å². The van der Waals surface area contributed by atoms with Gasteiger partial charge in [-0.3, -0.25) is 4.90 Å². The summed E-state index contributed by atoms with van der Waals surface area (Å²) in [6.45, 7) is 4.97. The van der Waals surface area contributed by atoms with E-state index < -0.39 is 0 Å². The maximum absolute atomic E-state index is 11.5. The van der Waals surface area contributed by atoms with Gasteiger partial charge in [-0.15, -0.1) is 11.3 Å². The van der Waals surface area contributed by atoms with E-state index in [4.69, 9.17) is 4.74 Å². The van der Waals surface area contributed by atoms with Crippen molar-refractivity contribution in [3.63, 3.8) is 0 Å². The number of rotatable bonds is 3. The van der Waals surface area contributed by atoms with Crippen molar-refractivity contribution in [1.82, 2.24) is 10.2 Å². The second-order valence-corrected chi connectivity index (χ2v) is 4.71. The van der Waals surface area contributed by atoms with Crippen molar-refractivity contribution in [2.24, 2.45) is 0 Å². The first kappa shape index (κ1) is 11.6. The van der Waals surface area contributed by atoms with Crippen LogP contribution in [0.5, 0.6) is 0 Å². The molecule has 1 aliphatic rings. The highest BCUT2D eigenvalue weighted by molar-refractivity contribution is 7.12. The van der Waals surface area contributed by atoms with Crippen LogP contribution in [-0.4, -0.2) is 44.2 Å². The minimum Gasteiger partial charge on any atom is -0.465 e. The molecular formula is C11H16N2O2S. The van der Waals surface area contributed by atoms with Crippen molar-refractivity contribution in [3.05, 3.63) is 21.9 Å². The maximum atomic E-state index is 11.5. The van der Waals surface area contributed by atoms with Gasteiger partial charge in [0.25, 0.3) is 0 Å². The number of ether oxygens (including phenoxy) is 1. The van der Waals surface area contributed by atoms with Gasteiger partial charge in [0, 0.05) is 32.7 Å². The van der Waals surface area contributed by atoms with E-state index in [1.54, 1.807) is 0 Å². The first-order valence-corrected chi connectivity index (χ1v) is 6.27. The van der Waals surface area contributed by atoms with Crippen LogP contribution in [0.4, 0.5) is 0 Å². The summed E-state index contributed by atoms with van der Waals surface area (Å²) in [5, 5.41) is 5.26. The number of esters is 1. The molecule has 0 amide bonds. The van der Waals surface area contributed by atoms with E-state index in [-0.39, 0.29) is 5.97 Å². The fraction of sp³-hybridized carbons (Fsp3) is 0.545. The van der Waals surface area contributed by atoms with Gasteiger partial charge in [-0.2, -0.15) is 0 Å². The summed E-state index contributed by atoms with van der Waals surface area (Å²) in [5.41, 5.74) is 1.08. The third-order valence-electron chi connectivity index (χ3n) is 2.72. The Balaban J connectivity index is 2.03. The number of nitrogens with one attached hydrogen (secondary N) is 1. The fourth-order valence-corrected chi connectivity index (χ4v) is 2.67. The summed E-state index contributed by atoms with van der Waals surface area (Å²) in [5.74, 6) is -0.222. The van der Waals surface area contributed by atoms with Crippen LogP contribution in [0, 0.1) is 0 Å². The van der Waals surface area contributed by atoms with E-state index >= 15 is 0 Å². The molecule has 0 saturated carbocycles. The lowest BCUT2D eigenvalue weighted by Crippen LogP contribution is -2.43. The highest BCUT2D eigenvalue weighted by Crippen LogP contribution is 2.19. The highest BCUT2D eigenvalue weighted by atomic mass is 32.1. The third kappa shape index (κ3) is 2.61. The van der Waals surface area contributed by atoms with Crippen molar-refractivity contribution < 1.29 is 9.53 Å². The number of thiophene rings is 1. The zero-order chi connectivity index (χ0) is 11.4. The Bertz CT molecular complexity index is 359. The van der Waals surface area contributed by atoms with Gasteiger partial charge >= 0.3 is 5.97 Å². The molecule has 1 aliphatic heterocycles. The van der Waals surface area contributed by atoms with Crippen LogP contribution in [-0.2, 0) is 11.3 Å². The molecule has 4 nitrogen and oxygen atoms in total. The molecule has 0 radical (unpaired) electrons. The Labute approximate surface area is 99.2 Å². The number of hydrogen-bond acceptors (Lipinski definition) is 5. The van der Waals surface area contributed by atoms with Crippen molar-refractivity contribution in [1.29, 1.82) is 0 Å². The maximum Gasteiger partial charge on any atom is 0.348 e. The molecule has 16 heavy (non-hydrogen) atoms. The van der Waals surface area contributed by atoms with E-state index in [0.717, 1.165) is 43.2 Å². The summed E-state index contributed by atoms with van der Waals surface area (Å²) < 4.78 is 4.77. The summed E-state index contributed by atoms with van der Waals surface area (Å²) in [4.78, 5) is 14.6. The first-order chi connectivity index (χ1) is 7.81. The van der Waals surface area contributed by atoms with Gasteiger partial charge in [0.2, 0.25) is 0 Å². The van der Waals surface area contributed by atoms with E-state index in [1.165, 1.54) is 18.4 Å². The van der Waals surface area contributed by atoms with E-state index in [9.17, 15) is 4.79 Å². The lowest BCUT2D eigenvalue weighted by Gasteiger charge is -2.27. The van der Waals surface area contributed by atoms with Crippen molar-refractivity contribution in [3.8, 4) is 0 Å². The molecule has 2 heterocycles. The number of hydrogen-bond donors (Lipinski definition) is 1. The molecule has 88 valence electrons. The zero-order valence-corrected chi connectivity index (χ0v) is 10.2. The summed E-state index contributed by atoms with van der Waals surface area (Å²) >= 11 is 1.45. The van der Waals surface area contributed by atoms with Gasteiger partial charge in [-0.25, -0.2) is 4.79 Å². The number of nitrogens with zero attached hydrogens (tertiary/aromatic N) is 1. The predicted molar refractivity (Wildman–Crippen MR) is 63.8 cm³/mol. The first-order valence-electron chi connectivity index (χ1n) is 5.39. The lowest BCUT2D eigenvalue weighted by molar-refractivity contribution is 0.0604. The van der Waals surface area contributed by atoms with Gasteiger partial charge < -0.3 is 10.1 Å². The molecule has 0 bridgehead atoms. The predicted octanol–water partition coefficient (Wildman–Crippen LogP) is 0.940. The normalized spacial score (nSPS) is 17.3. The van der Waals surface area contributed by atoms with Gasteiger partial charge in [-0.1, -0.05) is 0 Å². The Kier molecular flexibility index (Phi) is 3.93. The van der Waals surface area contributed by atoms with Crippen LogP contribution in [0.15, 0.2) is 11.4 Å². The van der Waals surface area contributed by atoms with Gasteiger partial charge in [-0.05, 0) is 17.0 Å². The largest absolute Gasteiger partial charge is 0.465 e. The Morgan fingerprint density at radius 2 is 2.31 bits per heavy atom. The number of piperazine rings is 1. The zero-order valence-electron chi connectivity index (χ0n) is 9.36. The van der Waals surface area contributed by atoms with E-state index in [1.807, 2.05) is 11.4 Å². The molecule has 1 saturated heterocycles. The quantitative estimate of drug-likeness (QED) is 0.798. The Morgan fingerprint density at radius 1 is 1.56 bits per heavy atom. The summed E-state index contributed by atoms with van der Waals surface area (Å²) in [6.07, 6.45) is 0. The van der Waals surface area contributed by atoms with Gasteiger partial charge in [0.1, 0.15) is 4.88 Å². The van der Waals surface area contributed by atoms with Crippen LogP contribution in [0.25, 0.3) is 0 Å². The van der Waals surface area contributed by atoms with Crippen LogP contribution in [0.1, 0.15) is 15.2 Å². The highest BCUT2D eigenvalue weighted by Gasteiger charge is 2.17. The number of carbonyl (C=O) groups is 1. The smallest absolute Gasteiger partial charge is 0.348 e. The molecule has 0 atom stereocenters. The standard InChI is InChI=1S/C11H16N2O2S/c1-15-11(14)10-9(2-7-16-10)8-13-5-3-12-4-6-13/h2,7,12H,3-6,8H2,1H3. The van der Waals surface area contributed by atoms with Gasteiger partial charge in [0.05, 0.1) is 7.11 Å². The second kappa shape index (κ2) is 5.43. The topological polar surface area (TPSA) is 41.6 Å². The average Bonchev–Trinajstić information content (AvgIpc) is 2.77. The summed E-state index contributed by atoms with van der Waals surface area (Å²) in [7, 11) is 1.43. The monoisotopic (exact) mass is 240 g/mol.